The van der Waals surface area contributed by atoms with Crippen molar-refractivity contribution < 1.29 is 0 Å². The minimum absolute atomic E-state index is 0.294. The van der Waals surface area contributed by atoms with E-state index in [2.05, 4.69) is 93.6 Å². The Morgan fingerprint density at radius 3 is 1.82 bits per heavy atom. The third-order valence-corrected chi connectivity index (χ3v) is 4.28. The lowest BCUT2D eigenvalue weighted by atomic mass is 9.82. The second-order valence-corrected chi connectivity index (χ2v) is 6.11. The van der Waals surface area contributed by atoms with Gasteiger partial charge in [-0.2, -0.15) is 0 Å². The van der Waals surface area contributed by atoms with Crippen LogP contribution in [0.1, 0.15) is 39.3 Å². The highest BCUT2D eigenvalue weighted by atomic mass is 14.2. The average molecular weight is 286 g/mol. The van der Waals surface area contributed by atoms with E-state index in [0.29, 0.717) is 5.92 Å². The third-order valence-electron chi connectivity index (χ3n) is 4.28. The minimum Gasteiger partial charge on any atom is -0.0622 e. The van der Waals surface area contributed by atoms with Crippen LogP contribution in [0.3, 0.4) is 0 Å². The molecule has 1 unspecified atom stereocenters. The first-order valence-electron chi connectivity index (χ1n) is 7.84. The number of rotatable bonds is 3. The lowest BCUT2D eigenvalue weighted by Gasteiger charge is -2.21. The van der Waals surface area contributed by atoms with Gasteiger partial charge < -0.3 is 0 Å². The number of hydrogen-bond acceptors (Lipinski definition) is 0. The van der Waals surface area contributed by atoms with Gasteiger partial charge in [0.2, 0.25) is 0 Å². The Bertz CT molecular complexity index is 752. The molecule has 0 fully saturated rings. The van der Waals surface area contributed by atoms with E-state index in [1.165, 1.54) is 33.4 Å². The summed E-state index contributed by atoms with van der Waals surface area (Å²) in [5.74, 6) is 0.294. The Kier molecular flexibility index (Phi) is 4.11. The second-order valence-electron chi connectivity index (χ2n) is 6.11. The summed E-state index contributed by atoms with van der Waals surface area (Å²) in [4.78, 5) is 0. The monoisotopic (exact) mass is 286 g/mol. The molecule has 0 aliphatic carbocycles. The lowest BCUT2D eigenvalue weighted by Crippen LogP contribution is -2.05. The number of hydrogen-bond donors (Lipinski definition) is 0. The van der Waals surface area contributed by atoms with Crippen molar-refractivity contribution in [1.82, 2.24) is 0 Å². The van der Waals surface area contributed by atoms with Crippen LogP contribution in [0.5, 0.6) is 0 Å². The Hall–Kier alpha value is -2.34. The van der Waals surface area contributed by atoms with Gasteiger partial charge in [-0.05, 0) is 43.0 Å². The molecule has 0 saturated carbocycles. The van der Waals surface area contributed by atoms with Gasteiger partial charge in [-0.1, -0.05) is 83.9 Å². The maximum absolute atomic E-state index is 2.28. The Labute approximate surface area is 133 Å². The third kappa shape index (κ3) is 2.96. The highest BCUT2D eigenvalue weighted by Crippen LogP contribution is 2.34. The zero-order valence-electron chi connectivity index (χ0n) is 13.5. The van der Waals surface area contributed by atoms with Gasteiger partial charge in [0, 0.05) is 5.92 Å². The smallest absolute Gasteiger partial charge is 0.0342 e. The molecule has 0 aliphatic rings. The molecule has 0 nitrogen and oxygen atoms in total. The molecule has 0 spiro atoms. The quantitative estimate of drug-likeness (QED) is 0.534. The van der Waals surface area contributed by atoms with E-state index in [-0.39, 0.29) is 0 Å². The van der Waals surface area contributed by atoms with E-state index in [1.807, 2.05) is 0 Å². The summed E-state index contributed by atoms with van der Waals surface area (Å²) in [5, 5.41) is 0. The predicted octanol–water partition coefficient (Wildman–Crippen LogP) is 5.79. The Balaban J connectivity index is 2.17. The fourth-order valence-corrected chi connectivity index (χ4v) is 3.11. The van der Waals surface area contributed by atoms with E-state index in [4.69, 9.17) is 0 Å². The molecule has 3 aromatic rings. The summed E-state index contributed by atoms with van der Waals surface area (Å²) in [6.07, 6.45) is 0. The summed E-state index contributed by atoms with van der Waals surface area (Å²) < 4.78 is 0. The van der Waals surface area contributed by atoms with Crippen LogP contribution in [0.4, 0.5) is 0 Å². The average Bonchev–Trinajstić information content (AvgIpc) is 2.52. The first-order chi connectivity index (χ1) is 10.6. The van der Waals surface area contributed by atoms with Crippen LogP contribution >= 0.6 is 0 Å². The van der Waals surface area contributed by atoms with Gasteiger partial charge in [0.05, 0.1) is 0 Å². The molecule has 22 heavy (non-hydrogen) atoms. The predicted molar refractivity (Wildman–Crippen MR) is 94.5 cm³/mol. The molecule has 3 rings (SSSR count). The normalized spacial score (nSPS) is 12.1. The van der Waals surface area contributed by atoms with Gasteiger partial charge in [0.1, 0.15) is 0 Å². The zero-order valence-corrected chi connectivity index (χ0v) is 13.5. The van der Waals surface area contributed by atoms with Crippen LogP contribution in [-0.2, 0) is 0 Å². The van der Waals surface area contributed by atoms with Crippen LogP contribution in [0.2, 0.25) is 0 Å². The molecule has 0 N–H and O–H groups in total. The van der Waals surface area contributed by atoms with Crippen LogP contribution in [0.15, 0.2) is 72.8 Å². The Morgan fingerprint density at radius 2 is 1.18 bits per heavy atom. The topological polar surface area (TPSA) is 0 Å². The molecular weight excluding hydrogens is 264 g/mol. The van der Waals surface area contributed by atoms with Crippen LogP contribution in [0.25, 0.3) is 0 Å². The fourth-order valence-electron chi connectivity index (χ4n) is 3.11. The molecule has 0 heteroatoms. The van der Waals surface area contributed by atoms with E-state index in [0.717, 1.165) is 0 Å². The van der Waals surface area contributed by atoms with Gasteiger partial charge in [-0.3, -0.25) is 0 Å². The highest BCUT2D eigenvalue weighted by Gasteiger charge is 2.18. The summed E-state index contributed by atoms with van der Waals surface area (Å²) in [5.41, 5.74) is 8.06. The first-order valence-corrected chi connectivity index (χ1v) is 7.84. The molecule has 3 aromatic carbocycles. The van der Waals surface area contributed by atoms with Crippen molar-refractivity contribution in [3.8, 4) is 0 Å². The van der Waals surface area contributed by atoms with Crippen molar-refractivity contribution in [1.29, 1.82) is 0 Å². The standard InChI is InChI=1S/C22H22/c1-16-9-12-20(13-10-16)22(19-7-5-4-6-8-19)21-14-11-17(2)15-18(21)3/h4-15,22H,1-3H3. The molecule has 1 atom stereocenters. The zero-order chi connectivity index (χ0) is 15.5. The molecule has 0 aliphatic heterocycles. The fraction of sp³-hybridized carbons (Fsp3) is 0.182. The molecular formula is C22H22. The van der Waals surface area contributed by atoms with Gasteiger partial charge in [0.15, 0.2) is 0 Å². The lowest BCUT2D eigenvalue weighted by molar-refractivity contribution is 0.959. The van der Waals surface area contributed by atoms with Crippen molar-refractivity contribution in [2.75, 3.05) is 0 Å². The van der Waals surface area contributed by atoms with Gasteiger partial charge in [-0.25, -0.2) is 0 Å². The maximum atomic E-state index is 2.28. The van der Waals surface area contributed by atoms with E-state index in [9.17, 15) is 0 Å². The summed E-state index contributed by atoms with van der Waals surface area (Å²) in [6, 6.07) is 26.5. The van der Waals surface area contributed by atoms with Gasteiger partial charge >= 0.3 is 0 Å². The summed E-state index contributed by atoms with van der Waals surface area (Å²) in [7, 11) is 0. The number of benzene rings is 3. The highest BCUT2D eigenvalue weighted by molar-refractivity contribution is 5.47. The van der Waals surface area contributed by atoms with Crippen molar-refractivity contribution in [2.24, 2.45) is 0 Å². The van der Waals surface area contributed by atoms with Crippen LogP contribution in [-0.4, -0.2) is 0 Å². The number of aryl methyl sites for hydroxylation is 3. The minimum atomic E-state index is 0.294. The van der Waals surface area contributed by atoms with E-state index < -0.39 is 0 Å². The SMILES string of the molecule is Cc1ccc(C(c2ccccc2)c2ccc(C)cc2C)cc1. The van der Waals surface area contributed by atoms with Crippen LogP contribution in [0, 0.1) is 20.8 Å². The molecule has 0 saturated heterocycles. The van der Waals surface area contributed by atoms with Crippen molar-refractivity contribution >= 4 is 0 Å². The summed E-state index contributed by atoms with van der Waals surface area (Å²) >= 11 is 0. The molecule has 0 heterocycles. The van der Waals surface area contributed by atoms with Gasteiger partial charge in [-0.15, -0.1) is 0 Å². The second kappa shape index (κ2) is 6.19. The largest absolute Gasteiger partial charge is 0.0622 e. The van der Waals surface area contributed by atoms with E-state index in [1.54, 1.807) is 0 Å². The molecule has 0 amide bonds. The maximum Gasteiger partial charge on any atom is 0.0342 e. The van der Waals surface area contributed by atoms with Crippen molar-refractivity contribution in [3.05, 3.63) is 106 Å². The van der Waals surface area contributed by atoms with E-state index >= 15 is 0 Å². The van der Waals surface area contributed by atoms with Crippen LogP contribution < -0.4 is 0 Å². The first kappa shape index (κ1) is 14.6. The molecule has 0 bridgehead atoms. The molecule has 0 radical (unpaired) electrons. The van der Waals surface area contributed by atoms with Crippen molar-refractivity contribution in [3.63, 3.8) is 0 Å². The Morgan fingerprint density at radius 1 is 0.591 bits per heavy atom. The van der Waals surface area contributed by atoms with Crippen molar-refractivity contribution in [2.45, 2.75) is 26.7 Å². The summed E-state index contributed by atoms with van der Waals surface area (Å²) in [6.45, 7) is 6.51. The molecule has 110 valence electrons. The van der Waals surface area contributed by atoms with Gasteiger partial charge in [0.25, 0.3) is 0 Å². The molecule has 0 aromatic heterocycles.